The van der Waals surface area contributed by atoms with Gasteiger partial charge >= 0.3 is 12.4 Å². The van der Waals surface area contributed by atoms with Crippen LogP contribution in [0.5, 0.6) is 0 Å². The highest BCUT2D eigenvalue weighted by Gasteiger charge is 2.36. The van der Waals surface area contributed by atoms with Crippen LogP contribution in [0.25, 0.3) is 0 Å². The number of thioether (sulfide) groups is 1. The van der Waals surface area contributed by atoms with Gasteiger partial charge in [-0.15, -0.1) is 5.10 Å². The van der Waals surface area contributed by atoms with E-state index in [9.17, 15) is 26.3 Å². The van der Waals surface area contributed by atoms with Crippen molar-refractivity contribution in [3.05, 3.63) is 70.8 Å². The maximum absolute atomic E-state index is 12.8. The van der Waals surface area contributed by atoms with Crippen LogP contribution in [0.2, 0.25) is 0 Å². The molecule has 0 aliphatic heterocycles. The molecule has 2 N–H and O–H groups in total. The molecule has 0 bridgehead atoms. The molecule has 0 atom stereocenters. The topological polar surface area (TPSA) is 50.7 Å². The Labute approximate surface area is 155 Å². The summed E-state index contributed by atoms with van der Waals surface area (Å²) in [6.45, 7) is 0. The van der Waals surface area contributed by atoms with Gasteiger partial charge in [0.15, 0.2) is 5.17 Å². The number of benzene rings is 2. The number of halogens is 6. The Morgan fingerprint density at radius 1 is 0.926 bits per heavy atom. The Kier molecular flexibility index (Phi) is 6.53. The van der Waals surface area contributed by atoms with Gasteiger partial charge < -0.3 is 5.73 Å². The van der Waals surface area contributed by atoms with E-state index in [0.717, 1.165) is 23.5 Å². The molecule has 0 aliphatic rings. The van der Waals surface area contributed by atoms with Crippen molar-refractivity contribution < 1.29 is 26.3 Å². The molecule has 0 heterocycles. The Morgan fingerprint density at radius 2 is 1.48 bits per heavy atom. The lowest BCUT2D eigenvalue weighted by molar-refractivity contribution is -0.143. The van der Waals surface area contributed by atoms with Gasteiger partial charge in [-0.3, -0.25) is 0 Å². The molecular weight excluding hydrogens is 392 g/mol. The molecule has 0 aliphatic carbocycles. The molecule has 2 aromatic rings. The van der Waals surface area contributed by atoms with E-state index >= 15 is 0 Å². The minimum absolute atomic E-state index is 0.0260. The zero-order valence-corrected chi connectivity index (χ0v) is 14.4. The first-order chi connectivity index (χ1) is 12.6. The zero-order valence-electron chi connectivity index (χ0n) is 13.6. The van der Waals surface area contributed by atoms with Crippen LogP contribution in [0.3, 0.4) is 0 Å². The quantitative estimate of drug-likeness (QED) is 0.325. The Bertz CT molecular complexity index is 797. The van der Waals surface area contributed by atoms with Crippen LogP contribution in [0.1, 0.15) is 22.3 Å². The molecule has 2 rings (SSSR count). The lowest BCUT2D eigenvalue weighted by Gasteiger charge is -2.12. The third-order valence-electron chi connectivity index (χ3n) is 3.20. The predicted molar refractivity (Wildman–Crippen MR) is 93.4 cm³/mol. The predicted octanol–water partition coefficient (Wildman–Crippen LogP) is 5.31. The van der Waals surface area contributed by atoms with Gasteiger partial charge in [0, 0.05) is 5.75 Å². The number of hydrogen-bond acceptors (Lipinski definition) is 3. The van der Waals surface area contributed by atoms with E-state index in [0.29, 0.717) is 17.9 Å². The van der Waals surface area contributed by atoms with Crippen molar-refractivity contribution in [2.45, 2.75) is 18.1 Å². The molecule has 10 heteroatoms. The van der Waals surface area contributed by atoms with Gasteiger partial charge in [-0.1, -0.05) is 42.1 Å². The first-order valence-electron chi connectivity index (χ1n) is 7.38. The van der Waals surface area contributed by atoms with E-state index in [2.05, 4.69) is 10.2 Å². The lowest BCUT2D eigenvalue weighted by atomic mass is 10.1. The van der Waals surface area contributed by atoms with Crippen LogP contribution in [-0.2, 0) is 18.1 Å². The fourth-order valence-electron chi connectivity index (χ4n) is 1.97. The Morgan fingerprint density at radius 3 is 2.00 bits per heavy atom. The number of hydrogen-bond donors (Lipinski definition) is 1. The van der Waals surface area contributed by atoms with Gasteiger partial charge in [-0.2, -0.15) is 31.4 Å². The van der Waals surface area contributed by atoms with E-state index in [-0.39, 0.29) is 16.8 Å². The normalized spacial score (nSPS) is 13.3. The second kappa shape index (κ2) is 8.47. The first kappa shape index (κ1) is 20.8. The van der Waals surface area contributed by atoms with E-state index in [1.807, 2.05) is 30.3 Å². The van der Waals surface area contributed by atoms with Crippen LogP contribution < -0.4 is 5.73 Å². The lowest BCUT2D eigenvalue weighted by Crippen LogP contribution is -2.11. The van der Waals surface area contributed by atoms with Crippen molar-refractivity contribution >= 4 is 23.1 Å². The number of amidine groups is 1. The van der Waals surface area contributed by atoms with Crippen LogP contribution in [0, 0.1) is 0 Å². The summed E-state index contributed by atoms with van der Waals surface area (Å²) in [5.41, 5.74) is 3.36. The van der Waals surface area contributed by atoms with Crippen LogP contribution >= 0.6 is 11.8 Å². The smallest absolute Gasteiger partial charge is 0.377 e. The molecule has 0 aromatic heterocycles. The molecule has 0 spiro atoms. The molecule has 0 saturated heterocycles. The largest absolute Gasteiger partial charge is 0.416 e. The van der Waals surface area contributed by atoms with Gasteiger partial charge in [0.05, 0.1) is 17.3 Å². The van der Waals surface area contributed by atoms with Crippen molar-refractivity contribution in [2.24, 2.45) is 15.9 Å². The molecule has 2 aromatic carbocycles. The minimum atomic E-state index is -4.92. The molecular formula is C17H13F6N3S. The number of nitrogens with zero attached hydrogens (tertiary/aromatic N) is 2. The van der Waals surface area contributed by atoms with Crippen molar-refractivity contribution in [1.29, 1.82) is 0 Å². The summed E-state index contributed by atoms with van der Waals surface area (Å²) in [5.74, 6) is 0.494. The number of alkyl halides is 6. The summed E-state index contributed by atoms with van der Waals surface area (Å²) in [6, 6.07) is 10.4. The van der Waals surface area contributed by atoms with E-state index < -0.39 is 23.5 Å². The monoisotopic (exact) mass is 405 g/mol. The molecule has 0 saturated carbocycles. The molecule has 144 valence electrons. The summed E-state index contributed by atoms with van der Waals surface area (Å²) >= 11 is 1.13. The van der Waals surface area contributed by atoms with E-state index in [1.165, 1.54) is 0 Å². The molecule has 0 amide bonds. The van der Waals surface area contributed by atoms with E-state index in [4.69, 9.17) is 5.73 Å². The molecule has 3 nitrogen and oxygen atoms in total. The third kappa shape index (κ3) is 6.63. The van der Waals surface area contributed by atoms with Crippen molar-refractivity contribution in [1.82, 2.24) is 0 Å². The Hall–Kier alpha value is -2.49. The summed E-state index contributed by atoms with van der Waals surface area (Å²) in [5, 5.41) is 7.09. The molecule has 0 fully saturated rings. The van der Waals surface area contributed by atoms with Crippen LogP contribution in [-0.4, -0.2) is 11.4 Å². The second-order valence-corrected chi connectivity index (χ2v) is 6.29. The van der Waals surface area contributed by atoms with Gasteiger partial charge in [-0.25, -0.2) is 0 Å². The number of rotatable bonds is 4. The summed E-state index contributed by atoms with van der Waals surface area (Å²) in [6.07, 6.45) is -9.05. The molecule has 27 heavy (non-hydrogen) atoms. The minimum Gasteiger partial charge on any atom is -0.377 e. The van der Waals surface area contributed by atoms with Gasteiger partial charge in [0.1, 0.15) is 0 Å². The van der Waals surface area contributed by atoms with Gasteiger partial charge in [-0.05, 0) is 29.3 Å². The fourth-order valence-corrected chi connectivity index (χ4v) is 2.58. The average Bonchev–Trinajstić information content (AvgIpc) is 2.59. The Balaban J connectivity index is 2.15. The van der Waals surface area contributed by atoms with Gasteiger partial charge in [0.25, 0.3) is 0 Å². The fraction of sp³-hybridized carbons (Fsp3) is 0.176. The highest BCUT2D eigenvalue weighted by Crippen LogP contribution is 2.36. The highest BCUT2D eigenvalue weighted by atomic mass is 32.2. The third-order valence-corrected chi connectivity index (χ3v) is 4.06. The average molecular weight is 405 g/mol. The maximum Gasteiger partial charge on any atom is 0.416 e. The summed E-state index contributed by atoms with van der Waals surface area (Å²) in [7, 11) is 0. The van der Waals surface area contributed by atoms with Crippen molar-refractivity contribution in [3.63, 3.8) is 0 Å². The van der Waals surface area contributed by atoms with Crippen molar-refractivity contribution in [2.75, 3.05) is 0 Å². The molecule has 0 radical (unpaired) electrons. The SMILES string of the molecule is NC(=NN=Cc1cc(C(F)(F)F)cc(C(F)(F)F)c1)SCc1ccccc1. The number of nitrogens with two attached hydrogens (primary N) is 1. The second-order valence-electron chi connectivity index (χ2n) is 5.30. The zero-order chi connectivity index (χ0) is 20.1. The molecule has 0 unspecified atom stereocenters. The summed E-state index contributed by atoms with van der Waals surface area (Å²) < 4.78 is 76.7. The van der Waals surface area contributed by atoms with Crippen LogP contribution in [0.15, 0.2) is 58.7 Å². The highest BCUT2D eigenvalue weighted by molar-refractivity contribution is 8.13. The van der Waals surface area contributed by atoms with Crippen LogP contribution in [0.4, 0.5) is 26.3 Å². The van der Waals surface area contributed by atoms with E-state index in [1.54, 1.807) is 0 Å². The maximum atomic E-state index is 12.8. The summed E-state index contributed by atoms with van der Waals surface area (Å²) in [4.78, 5) is 0. The van der Waals surface area contributed by atoms with Crippen molar-refractivity contribution in [3.8, 4) is 0 Å². The standard InChI is InChI=1S/C17H13F6N3S/c18-16(19,20)13-6-12(7-14(8-13)17(21,22)23)9-25-26-15(24)27-10-11-4-2-1-3-5-11/h1-9H,10H2,(H2,24,26). The van der Waals surface area contributed by atoms with Gasteiger partial charge in [0.2, 0.25) is 0 Å². The first-order valence-corrected chi connectivity index (χ1v) is 8.37.